The van der Waals surface area contributed by atoms with Crippen LogP contribution in [-0.4, -0.2) is 41.1 Å². The van der Waals surface area contributed by atoms with Gasteiger partial charge in [0, 0.05) is 23.2 Å². The number of methoxy groups -OCH3 is 1. The molecule has 2 aromatic heterocycles. The van der Waals surface area contributed by atoms with E-state index in [2.05, 4.69) is 15.4 Å². The van der Waals surface area contributed by atoms with Crippen molar-refractivity contribution in [1.82, 2.24) is 14.8 Å². The van der Waals surface area contributed by atoms with Gasteiger partial charge < -0.3 is 14.8 Å². The molecular weight excluding hydrogens is 352 g/mol. The number of ether oxygens (including phenoxy) is 2. The van der Waals surface area contributed by atoms with E-state index < -0.39 is 0 Å². The summed E-state index contributed by atoms with van der Waals surface area (Å²) >= 11 is 1.52. The zero-order valence-corrected chi connectivity index (χ0v) is 15.0. The number of benzene rings is 1. The van der Waals surface area contributed by atoms with Gasteiger partial charge in [-0.25, -0.2) is 9.67 Å². The molecule has 1 aliphatic heterocycles. The van der Waals surface area contributed by atoms with Crippen LogP contribution in [-0.2, 0) is 4.74 Å². The fourth-order valence-electron chi connectivity index (χ4n) is 2.97. The molecule has 0 radical (unpaired) electrons. The summed E-state index contributed by atoms with van der Waals surface area (Å²) in [6.07, 6.45) is 1.74. The molecule has 4 rings (SSSR count). The molecule has 8 heteroatoms. The maximum absolute atomic E-state index is 12.4. The minimum Gasteiger partial charge on any atom is -0.497 e. The average molecular weight is 370 g/mol. The lowest BCUT2D eigenvalue weighted by Crippen LogP contribution is -2.37. The molecule has 134 valence electrons. The zero-order valence-electron chi connectivity index (χ0n) is 14.2. The lowest BCUT2D eigenvalue weighted by Gasteiger charge is -2.20. The van der Waals surface area contributed by atoms with Gasteiger partial charge in [-0.2, -0.15) is 5.10 Å². The van der Waals surface area contributed by atoms with Gasteiger partial charge in [-0.05, 0) is 18.2 Å². The number of hydrogen-bond donors (Lipinski definition) is 1. The van der Waals surface area contributed by atoms with E-state index in [1.54, 1.807) is 25.4 Å². The molecule has 0 spiro atoms. The van der Waals surface area contributed by atoms with Gasteiger partial charge in [-0.3, -0.25) is 4.79 Å². The number of nitrogens with zero attached hydrogens (tertiary/aromatic N) is 3. The smallest absolute Gasteiger partial charge is 0.267 e. The number of thiazole rings is 1. The fourth-order valence-corrected chi connectivity index (χ4v) is 3.57. The van der Waals surface area contributed by atoms with Crippen molar-refractivity contribution in [3.05, 3.63) is 58.3 Å². The standard InChI is InChI=1S/C18H18N4O3S/c1-24-13-4-2-3-12(9-13)14-5-6-17(23)22(21-14)16-11-25-10-15(16)20-18-19-7-8-26-18/h2-9,15-16H,10-11H2,1H3,(H,19,20). The highest BCUT2D eigenvalue weighted by atomic mass is 32.1. The van der Waals surface area contributed by atoms with Crippen LogP contribution in [0, 0.1) is 0 Å². The van der Waals surface area contributed by atoms with Crippen LogP contribution in [0.5, 0.6) is 5.75 Å². The quantitative estimate of drug-likeness (QED) is 0.743. The van der Waals surface area contributed by atoms with Gasteiger partial charge in [-0.1, -0.05) is 12.1 Å². The molecule has 0 bridgehead atoms. The normalized spacial score (nSPS) is 19.4. The summed E-state index contributed by atoms with van der Waals surface area (Å²) in [5.41, 5.74) is 1.45. The minimum absolute atomic E-state index is 0.0630. The van der Waals surface area contributed by atoms with Crippen LogP contribution >= 0.6 is 11.3 Å². The number of hydrogen-bond acceptors (Lipinski definition) is 7. The molecule has 7 nitrogen and oxygen atoms in total. The van der Waals surface area contributed by atoms with Crippen molar-refractivity contribution in [2.45, 2.75) is 12.1 Å². The van der Waals surface area contributed by atoms with Crippen LogP contribution in [0.25, 0.3) is 11.3 Å². The van der Waals surface area contributed by atoms with E-state index in [0.29, 0.717) is 18.9 Å². The van der Waals surface area contributed by atoms with Gasteiger partial charge in [0.05, 0.1) is 32.1 Å². The third-order valence-electron chi connectivity index (χ3n) is 4.30. The molecule has 3 aromatic rings. The molecule has 1 aliphatic rings. The molecule has 3 heterocycles. The van der Waals surface area contributed by atoms with Crippen LogP contribution in [0.2, 0.25) is 0 Å². The molecule has 2 unspecified atom stereocenters. The first-order chi connectivity index (χ1) is 12.7. The van der Waals surface area contributed by atoms with Crippen LogP contribution in [0.3, 0.4) is 0 Å². The van der Waals surface area contributed by atoms with Crippen molar-refractivity contribution < 1.29 is 9.47 Å². The highest BCUT2D eigenvalue weighted by Crippen LogP contribution is 2.25. The monoisotopic (exact) mass is 370 g/mol. The van der Waals surface area contributed by atoms with Gasteiger partial charge in [0.25, 0.3) is 5.56 Å². The predicted molar refractivity (Wildman–Crippen MR) is 99.9 cm³/mol. The Morgan fingerprint density at radius 2 is 2.23 bits per heavy atom. The highest BCUT2D eigenvalue weighted by molar-refractivity contribution is 7.13. The second kappa shape index (κ2) is 7.27. The van der Waals surface area contributed by atoms with E-state index in [0.717, 1.165) is 16.4 Å². The molecule has 0 aliphatic carbocycles. The van der Waals surface area contributed by atoms with Crippen LogP contribution < -0.4 is 15.6 Å². The highest BCUT2D eigenvalue weighted by Gasteiger charge is 2.32. The van der Waals surface area contributed by atoms with E-state index in [-0.39, 0.29) is 17.6 Å². The Labute approximate surface area is 154 Å². The predicted octanol–water partition coefficient (Wildman–Crippen LogP) is 2.43. The molecular formula is C18H18N4O3S. The lowest BCUT2D eigenvalue weighted by molar-refractivity contribution is 0.183. The summed E-state index contributed by atoms with van der Waals surface area (Å²) in [5, 5.41) is 10.6. The van der Waals surface area contributed by atoms with E-state index >= 15 is 0 Å². The Hall–Kier alpha value is -2.71. The Morgan fingerprint density at radius 1 is 1.31 bits per heavy atom. The van der Waals surface area contributed by atoms with E-state index in [4.69, 9.17) is 9.47 Å². The summed E-state index contributed by atoms with van der Waals surface area (Å²) in [4.78, 5) is 16.7. The maximum atomic E-state index is 12.4. The first-order valence-corrected chi connectivity index (χ1v) is 9.10. The Bertz CT molecular complexity index is 942. The van der Waals surface area contributed by atoms with Gasteiger partial charge in [0.1, 0.15) is 11.8 Å². The molecule has 2 atom stereocenters. The molecule has 1 N–H and O–H groups in total. The average Bonchev–Trinajstić information content (AvgIpc) is 3.35. The third kappa shape index (κ3) is 3.33. The number of rotatable bonds is 5. The zero-order chi connectivity index (χ0) is 17.9. The van der Waals surface area contributed by atoms with Crippen molar-refractivity contribution in [3.63, 3.8) is 0 Å². The van der Waals surface area contributed by atoms with Crippen LogP contribution in [0.15, 0.2) is 52.8 Å². The molecule has 1 saturated heterocycles. The van der Waals surface area contributed by atoms with Crippen molar-refractivity contribution in [2.75, 3.05) is 25.6 Å². The number of aromatic nitrogens is 3. The van der Waals surface area contributed by atoms with Gasteiger partial charge in [0.2, 0.25) is 0 Å². The summed E-state index contributed by atoms with van der Waals surface area (Å²) < 4.78 is 12.4. The fraction of sp³-hybridized carbons (Fsp3) is 0.278. The topological polar surface area (TPSA) is 78.3 Å². The molecule has 0 saturated carbocycles. The van der Waals surface area contributed by atoms with E-state index in [9.17, 15) is 4.79 Å². The molecule has 1 aromatic carbocycles. The Kier molecular flexibility index (Phi) is 4.68. The lowest BCUT2D eigenvalue weighted by atomic mass is 10.1. The minimum atomic E-state index is -0.197. The number of nitrogens with one attached hydrogen (secondary N) is 1. The summed E-state index contributed by atoms with van der Waals surface area (Å²) in [5.74, 6) is 0.745. The van der Waals surface area contributed by atoms with Crippen molar-refractivity contribution in [1.29, 1.82) is 0 Å². The second-order valence-corrected chi connectivity index (χ2v) is 6.82. The molecule has 0 amide bonds. The first kappa shape index (κ1) is 16.7. The van der Waals surface area contributed by atoms with Crippen molar-refractivity contribution >= 4 is 16.5 Å². The summed E-state index contributed by atoms with van der Waals surface area (Å²) in [6, 6.07) is 10.6. The van der Waals surface area contributed by atoms with E-state index in [1.165, 1.54) is 16.0 Å². The van der Waals surface area contributed by atoms with Crippen LogP contribution in [0.1, 0.15) is 6.04 Å². The SMILES string of the molecule is COc1cccc(-c2ccc(=O)n(C3COCC3Nc3nccs3)n2)c1. The summed E-state index contributed by atoms with van der Waals surface area (Å²) in [6.45, 7) is 0.930. The Morgan fingerprint density at radius 3 is 3.04 bits per heavy atom. The largest absolute Gasteiger partial charge is 0.497 e. The second-order valence-electron chi connectivity index (χ2n) is 5.93. The third-order valence-corrected chi connectivity index (χ3v) is 5.00. The van der Waals surface area contributed by atoms with Gasteiger partial charge in [0.15, 0.2) is 5.13 Å². The van der Waals surface area contributed by atoms with Crippen LogP contribution in [0.4, 0.5) is 5.13 Å². The number of anilines is 1. The van der Waals surface area contributed by atoms with E-state index in [1.807, 2.05) is 29.6 Å². The Balaban J connectivity index is 1.66. The maximum Gasteiger partial charge on any atom is 0.267 e. The van der Waals surface area contributed by atoms with Gasteiger partial charge >= 0.3 is 0 Å². The van der Waals surface area contributed by atoms with Gasteiger partial charge in [-0.15, -0.1) is 11.3 Å². The first-order valence-electron chi connectivity index (χ1n) is 8.22. The van der Waals surface area contributed by atoms with Crippen molar-refractivity contribution in [3.8, 4) is 17.0 Å². The molecule has 26 heavy (non-hydrogen) atoms. The summed E-state index contributed by atoms with van der Waals surface area (Å²) in [7, 11) is 1.62. The van der Waals surface area contributed by atoms with Crippen molar-refractivity contribution in [2.24, 2.45) is 0 Å². The molecule has 1 fully saturated rings.